The normalized spacial score (nSPS) is 13.7. The van der Waals surface area contributed by atoms with Crippen molar-refractivity contribution in [2.75, 3.05) is 52.5 Å². The van der Waals surface area contributed by atoms with Crippen LogP contribution in [0.1, 0.15) is 20.8 Å². The molecule has 3 amide bonds. The lowest BCUT2D eigenvalue weighted by Crippen LogP contribution is -2.49. The van der Waals surface area contributed by atoms with Crippen molar-refractivity contribution in [3.8, 4) is 0 Å². The summed E-state index contributed by atoms with van der Waals surface area (Å²) in [5, 5.41) is 38.2. The molecule has 0 aliphatic carbocycles. The lowest BCUT2D eigenvalue weighted by Gasteiger charge is -2.29. The Labute approximate surface area is 206 Å². The van der Waals surface area contributed by atoms with E-state index in [0.29, 0.717) is 0 Å². The number of aliphatic hydroxyl groups is 3. The minimum atomic E-state index is -1.07. The molecule has 0 radical (unpaired) electrons. The molecule has 13 heteroatoms. The fourth-order valence-electron chi connectivity index (χ4n) is 2.60. The van der Waals surface area contributed by atoms with E-state index < -0.39 is 42.2 Å². The van der Waals surface area contributed by atoms with Gasteiger partial charge >= 0.3 is 18.3 Å². The number of carbonyl (C=O) groups excluding carboxylic acids is 3. The van der Waals surface area contributed by atoms with E-state index in [-0.39, 0.29) is 52.5 Å². The van der Waals surface area contributed by atoms with Gasteiger partial charge in [0.25, 0.3) is 0 Å². The molecule has 13 nitrogen and oxygen atoms in total. The molecule has 0 aromatic carbocycles. The highest BCUT2D eigenvalue weighted by molar-refractivity contribution is 5.68. The van der Waals surface area contributed by atoms with Crippen LogP contribution in [0, 0.1) is 0 Å². The Morgan fingerprint density at radius 2 is 1.11 bits per heavy atom. The van der Waals surface area contributed by atoms with E-state index in [0.717, 1.165) is 0 Å². The summed E-state index contributed by atoms with van der Waals surface area (Å²) in [6.07, 6.45) is -2.60. The fourth-order valence-corrected chi connectivity index (χ4v) is 2.60. The first-order valence-corrected chi connectivity index (χ1v) is 11.1. The van der Waals surface area contributed by atoms with Crippen LogP contribution in [0.2, 0.25) is 0 Å². The van der Waals surface area contributed by atoms with Gasteiger partial charge in [0.05, 0.1) is 18.3 Å². The zero-order valence-corrected chi connectivity index (χ0v) is 20.7. The number of hydrogen-bond donors (Lipinski definition) is 6. The van der Waals surface area contributed by atoms with Gasteiger partial charge in [-0.05, 0) is 20.8 Å². The molecule has 0 rings (SSSR count). The third kappa shape index (κ3) is 19.2. The van der Waals surface area contributed by atoms with E-state index in [9.17, 15) is 29.7 Å². The first-order chi connectivity index (χ1) is 16.4. The van der Waals surface area contributed by atoms with Crippen LogP contribution in [0.5, 0.6) is 0 Å². The van der Waals surface area contributed by atoms with Crippen molar-refractivity contribution in [3.63, 3.8) is 0 Å². The monoisotopic (exact) mass is 504 g/mol. The third-order valence-corrected chi connectivity index (χ3v) is 3.92. The second-order valence-electron chi connectivity index (χ2n) is 8.60. The number of hydrogen-bond acceptors (Lipinski definition) is 10. The molecule has 0 bridgehead atoms. The summed E-state index contributed by atoms with van der Waals surface area (Å²) in [7, 11) is 0. The smallest absolute Gasteiger partial charge is 0.407 e. The highest BCUT2D eigenvalue weighted by atomic mass is 16.6. The first kappa shape index (κ1) is 32.1. The zero-order valence-electron chi connectivity index (χ0n) is 20.7. The minimum absolute atomic E-state index is 0.0132. The maximum absolute atomic E-state index is 11.8. The van der Waals surface area contributed by atoms with Crippen LogP contribution in [0.25, 0.3) is 0 Å². The Kier molecular flexibility index (Phi) is 16.1. The molecule has 0 aromatic rings. The summed E-state index contributed by atoms with van der Waals surface area (Å²) in [6, 6.07) is 0. The number of carbonyl (C=O) groups is 3. The largest absolute Gasteiger partial charge is 0.445 e. The standard InChI is InChI=1S/C22H40N4O9/c1-6-8-33-19(30)23-10-16(27)13-26(14-17(28)11-24-20(31)34-9-7-2)15-18(29)12-25-21(32)35-22(3,4)5/h6-7,16-18,27-29H,1-2,8-15H2,3-5H3,(H,23,30)(H,24,31)(H,25,32)/t16-,17-,18-/m1/s1. The van der Waals surface area contributed by atoms with Crippen molar-refractivity contribution in [3.05, 3.63) is 25.3 Å². The molecule has 0 saturated carbocycles. The Morgan fingerprint density at radius 1 is 0.771 bits per heavy atom. The minimum Gasteiger partial charge on any atom is -0.445 e. The van der Waals surface area contributed by atoms with E-state index in [1.54, 1.807) is 20.8 Å². The number of rotatable bonds is 16. The predicted octanol–water partition coefficient (Wildman–Crippen LogP) is -0.280. The Bertz CT molecular complexity index is 634. The topological polar surface area (TPSA) is 179 Å². The lowest BCUT2D eigenvalue weighted by molar-refractivity contribution is 0.0312. The number of aliphatic hydroxyl groups excluding tert-OH is 3. The van der Waals surface area contributed by atoms with Gasteiger partial charge in [-0.3, -0.25) is 4.90 Å². The van der Waals surface area contributed by atoms with Crippen molar-refractivity contribution in [2.45, 2.75) is 44.7 Å². The van der Waals surface area contributed by atoms with Gasteiger partial charge in [-0.2, -0.15) is 0 Å². The SMILES string of the molecule is C=CCOC(=O)NC[C@@H](O)CN(C[C@H](O)CNC(=O)OCC=C)C[C@H](O)CNC(=O)OC(C)(C)C. The fraction of sp³-hybridized carbons (Fsp3) is 0.682. The number of nitrogens with one attached hydrogen (secondary N) is 3. The van der Waals surface area contributed by atoms with E-state index in [4.69, 9.17) is 14.2 Å². The van der Waals surface area contributed by atoms with E-state index in [2.05, 4.69) is 29.1 Å². The van der Waals surface area contributed by atoms with Gasteiger partial charge in [0, 0.05) is 39.3 Å². The van der Waals surface area contributed by atoms with Crippen LogP contribution in [0.4, 0.5) is 14.4 Å². The highest BCUT2D eigenvalue weighted by Gasteiger charge is 2.22. The lowest BCUT2D eigenvalue weighted by atomic mass is 10.2. The van der Waals surface area contributed by atoms with Crippen molar-refractivity contribution in [2.24, 2.45) is 0 Å². The van der Waals surface area contributed by atoms with Crippen molar-refractivity contribution >= 4 is 18.3 Å². The molecule has 0 spiro atoms. The van der Waals surface area contributed by atoms with Crippen LogP contribution in [-0.4, -0.2) is 115 Å². The molecule has 202 valence electrons. The molecule has 0 saturated heterocycles. The zero-order chi connectivity index (χ0) is 26.9. The molecule has 35 heavy (non-hydrogen) atoms. The number of alkyl carbamates (subject to hydrolysis) is 3. The van der Waals surface area contributed by atoms with Crippen molar-refractivity contribution in [1.82, 2.24) is 20.9 Å². The van der Waals surface area contributed by atoms with Crippen LogP contribution < -0.4 is 16.0 Å². The average Bonchev–Trinajstić information content (AvgIpc) is 2.76. The first-order valence-electron chi connectivity index (χ1n) is 11.1. The third-order valence-electron chi connectivity index (χ3n) is 3.92. The van der Waals surface area contributed by atoms with E-state index in [1.807, 2.05) is 0 Å². The average molecular weight is 505 g/mol. The number of amides is 3. The van der Waals surface area contributed by atoms with Gasteiger partial charge in [0.1, 0.15) is 18.8 Å². The summed E-state index contributed by atoms with van der Waals surface area (Å²) in [4.78, 5) is 36.4. The second-order valence-corrected chi connectivity index (χ2v) is 8.60. The molecule has 0 aliphatic heterocycles. The van der Waals surface area contributed by atoms with E-state index in [1.165, 1.54) is 17.1 Å². The number of nitrogens with zero attached hydrogens (tertiary/aromatic N) is 1. The summed E-state index contributed by atoms with van der Waals surface area (Å²) < 4.78 is 14.6. The van der Waals surface area contributed by atoms with Crippen LogP contribution in [0.15, 0.2) is 25.3 Å². The summed E-state index contributed by atoms with van der Waals surface area (Å²) in [6.45, 7) is 11.4. The van der Waals surface area contributed by atoms with Gasteiger partial charge in [0.2, 0.25) is 0 Å². The molecule has 0 aromatic heterocycles. The Balaban J connectivity index is 4.85. The Morgan fingerprint density at radius 3 is 1.43 bits per heavy atom. The van der Waals surface area contributed by atoms with Gasteiger partial charge in [-0.15, -0.1) is 0 Å². The molecule has 6 N–H and O–H groups in total. The maximum Gasteiger partial charge on any atom is 0.407 e. The van der Waals surface area contributed by atoms with Crippen molar-refractivity contribution < 1.29 is 43.9 Å². The molecule has 0 aliphatic rings. The van der Waals surface area contributed by atoms with E-state index >= 15 is 0 Å². The summed E-state index contributed by atoms with van der Waals surface area (Å²) in [5.74, 6) is 0. The predicted molar refractivity (Wildman–Crippen MR) is 128 cm³/mol. The summed E-state index contributed by atoms with van der Waals surface area (Å²) >= 11 is 0. The van der Waals surface area contributed by atoms with Gasteiger partial charge in [0.15, 0.2) is 0 Å². The number of ether oxygens (including phenoxy) is 3. The van der Waals surface area contributed by atoms with Gasteiger partial charge in [-0.1, -0.05) is 25.3 Å². The molecular weight excluding hydrogens is 464 g/mol. The summed E-state index contributed by atoms with van der Waals surface area (Å²) in [5.41, 5.74) is -0.699. The molecular formula is C22H40N4O9. The quantitative estimate of drug-likeness (QED) is 0.121. The second kappa shape index (κ2) is 17.5. The van der Waals surface area contributed by atoms with Gasteiger partial charge in [-0.25, -0.2) is 14.4 Å². The molecule has 3 atom stereocenters. The van der Waals surface area contributed by atoms with Crippen LogP contribution >= 0.6 is 0 Å². The molecule has 0 fully saturated rings. The molecule has 0 heterocycles. The highest BCUT2D eigenvalue weighted by Crippen LogP contribution is 2.06. The van der Waals surface area contributed by atoms with Crippen LogP contribution in [-0.2, 0) is 14.2 Å². The van der Waals surface area contributed by atoms with Crippen LogP contribution in [0.3, 0.4) is 0 Å². The maximum atomic E-state index is 11.8. The van der Waals surface area contributed by atoms with Crippen molar-refractivity contribution in [1.29, 1.82) is 0 Å². The molecule has 0 unspecified atom stereocenters. The van der Waals surface area contributed by atoms with Gasteiger partial charge < -0.3 is 45.5 Å². The Hall–Kier alpha value is -2.87.